The number of carbonyl (C=O) groups excluding carboxylic acids is 1. The van der Waals surface area contributed by atoms with E-state index in [4.69, 9.17) is 9.84 Å². The van der Waals surface area contributed by atoms with E-state index in [1.54, 1.807) is 24.3 Å². The zero-order chi connectivity index (χ0) is 18.4. The Morgan fingerprint density at radius 2 is 1.69 bits per heavy atom. The third kappa shape index (κ3) is 4.74. The summed E-state index contributed by atoms with van der Waals surface area (Å²) >= 11 is 0. The van der Waals surface area contributed by atoms with Crippen LogP contribution in [0.4, 0.5) is 11.4 Å². The number of benzene rings is 2. The molecule has 1 aliphatic rings. The molecule has 0 atom stereocenters. The molecule has 0 aromatic heterocycles. The van der Waals surface area contributed by atoms with Crippen LogP contribution in [0.15, 0.2) is 48.5 Å². The molecule has 1 fully saturated rings. The van der Waals surface area contributed by atoms with E-state index in [0.717, 1.165) is 31.9 Å². The molecule has 26 heavy (non-hydrogen) atoms. The number of anilines is 2. The van der Waals surface area contributed by atoms with E-state index in [1.807, 2.05) is 24.3 Å². The maximum absolute atomic E-state index is 12.4. The van der Waals surface area contributed by atoms with Crippen LogP contribution in [-0.4, -0.2) is 62.4 Å². The van der Waals surface area contributed by atoms with Crippen LogP contribution in [-0.2, 0) is 0 Å². The average Bonchev–Trinajstić information content (AvgIpc) is 2.68. The van der Waals surface area contributed by atoms with Gasteiger partial charge in [0, 0.05) is 43.1 Å². The fourth-order valence-corrected chi connectivity index (χ4v) is 2.89. The van der Waals surface area contributed by atoms with Crippen molar-refractivity contribution >= 4 is 17.3 Å². The van der Waals surface area contributed by atoms with Crippen LogP contribution in [0, 0.1) is 0 Å². The van der Waals surface area contributed by atoms with Gasteiger partial charge in [0.25, 0.3) is 5.91 Å². The molecule has 138 valence electrons. The predicted molar refractivity (Wildman–Crippen MR) is 103 cm³/mol. The molecule has 1 amide bonds. The summed E-state index contributed by atoms with van der Waals surface area (Å²) < 4.78 is 5.31. The van der Waals surface area contributed by atoms with Gasteiger partial charge in [0.2, 0.25) is 0 Å². The van der Waals surface area contributed by atoms with Gasteiger partial charge in [-0.25, -0.2) is 0 Å². The van der Waals surface area contributed by atoms with Crippen LogP contribution < -0.4 is 15.0 Å². The maximum atomic E-state index is 12.4. The molecule has 6 nitrogen and oxygen atoms in total. The van der Waals surface area contributed by atoms with Crippen LogP contribution in [0.3, 0.4) is 0 Å². The Kier molecular flexibility index (Phi) is 6.09. The van der Waals surface area contributed by atoms with Gasteiger partial charge in [0.1, 0.15) is 12.4 Å². The van der Waals surface area contributed by atoms with E-state index in [2.05, 4.69) is 22.2 Å². The molecule has 0 saturated carbocycles. The van der Waals surface area contributed by atoms with Crippen molar-refractivity contribution in [3.63, 3.8) is 0 Å². The minimum Gasteiger partial charge on any atom is -0.491 e. The number of hydrogen-bond donors (Lipinski definition) is 2. The van der Waals surface area contributed by atoms with Gasteiger partial charge in [-0.05, 0) is 55.6 Å². The van der Waals surface area contributed by atoms with Crippen molar-refractivity contribution in [3.8, 4) is 5.75 Å². The molecule has 0 aliphatic carbocycles. The molecule has 3 rings (SSSR count). The summed E-state index contributed by atoms with van der Waals surface area (Å²) in [5.74, 6) is 0.521. The van der Waals surface area contributed by atoms with Crippen molar-refractivity contribution in [1.29, 1.82) is 0 Å². The number of nitrogens with zero attached hydrogens (tertiary/aromatic N) is 2. The normalized spacial score (nSPS) is 14.9. The highest BCUT2D eigenvalue weighted by molar-refractivity contribution is 6.04. The minimum absolute atomic E-state index is 0.0252. The zero-order valence-corrected chi connectivity index (χ0v) is 15.0. The van der Waals surface area contributed by atoms with Gasteiger partial charge in [-0.1, -0.05) is 0 Å². The molecule has 2 aromatic carbocycles. The number of likely N-dealkylation sites (N-methyl/N-ethyl adjacent to an activating group) is 1. The second-order valence-corrected chi connectivity index (χ2v) is 6.39. The lowest BCUT2D eigenvalue weighted by Gasteiger charge is -2.34. The van der Waals surface area contributed by atoms with Crippen molar-refractivity contribution in [2.45, 2.75) is 0 Å². The molecule has 0 unspecified atom stereocenters. The molecule has 1 aliphatic heterocycles. The number of ether oxygens (including phenoxy) is 1. The third-order valence-electron chi connectivity index (χ3n) is 4.47. The zero-order valence-electron chi connectivity index (χ0n) is 15.0. The van der Waals surface area contributed by atoms with Crippen molar-refractivity contribution in [2.24, 2.45) is 0 Å². The summed E-state index contributed by atoms with van der Waals surface area (Å²) in [4.78, 5) is 17.1. The van der Waals surface area contributed by atoms with Gasteiger partial charge in [0.05, 0.1) is 6.61 Å². The van der Waals surface area contributed by atoms with Crippen molar-refractivity contribution in [1.82, 2.24) is 4.90 Å². The van der Waals surface area contributed by atoms with Crippen molar-refractivity contribution in [3.05, 3.63) is 54.1 Å². The molecule has 0 radical (unpaired) electrons. The topological polar surface area (TPSA) is 65.0 Å². The SMILES string of the molecule is CN1CCN(c2ccc(C(=O)Nc3ccc(OCCO)cc3)cc2)CC1. The van der Waals surface area contributed by atoms with E-state index in [-0.39, 0.29) is 19.1 Å². The molecule has 2 N–H and O–H groups in total. The first kappa shape index (κ1) is 18.2. The number of hydrogen-bond acceptors (Lipinski definition) is 5. The predicted octanol–water partition coefficient (Wildman–Crippen LogP) is 2.06. The molecular formula is C20H25N3O3. The summed E-state index contributed by atoms with van der Waals surface area (Å²) in [5.41, 5.74) is 2.48. The van der Waals surface area contributed by atoms with E-state index in [1.165, 1.54) is 0 Å². The van der Waals surface area contributed by atoms with Gasteiger partial charge in [-0.15, -0.1) is 0 Å². The number of piperazine rings is 1. The van der Waals surface area contributed by atoms with Crippen LogP contribution >= 0.6 is 0 Å². The Morgan fingerprint density at radius 1 is 1.04 bits per heavy atom. The Labute approximate surface area is 154 Å². The number of nitrogens with one attached hydrogen (secondary N) is 1. The minimum atomic E-state index is -0.140. The molecule has 0 spiro atoms. The average molecular weight is 355 g/mol. The standard InChI is InChI=1S/C20H25N3O3/c1-22-10-12-23(13-11-22)18-6-2-16(3-7-18)20(25)21-17-4-8-19(9-5-17)26-15-14-24/h2-9,24H,10-15H2,1H3,(H,21,25). The van der Waals surface area contributed by atoms with Crippen LogP contribution in [0.25, 0.3) is 0 Å². The van der Waals surface area contributed by atoms with Crippen molar-refractivity contribution in [2.75, 3.05) is 56.7 Å². The van der Waals surface area contributed by atoms with Gasteiger partial charge in [-0.3, -0.25) is 4.79 Å². The quantitative estimate of drug-likeness (QED) is 0.830. The Balaban J connectivity index is 1.57. The summed E-state index contributed by atoms with van der Waals surface area (Å²) in [7, 11) is 2.13. The number of amides is 1. The van der Waals surface area contributed by atoms with Gasteiger partial charge in [-0.2, -0.15) is 0 Å². The highest BCUT2D eigenvalue weighted by Gasteiger charge is 2.14. The molecular weight excluding hydrogens is 330 g/mol. The fraction of sp³-hybridized carbons (Fsp3) is 0.350. The summed E-state index contributed by atoms with van der Waals surface area (Å²) in [5, 5.41) is 11.6. The Hall–Kier alpha value is -2.57. The first-order valence-electron chi connectivity index (χ1n) is 8.84. The summed E-state index contributed by atoms with van der Waals surface area (Å²) in [6, 6.07) is 14.8. The lowest BCUT2D eigenvalue weighted by molar-refractivity contribution is 0.102. The second-order valence-electron chi connectivity index (χ2n) is 6.39. The van der Waals surface area contributed by atoms with Crippen LogP contribution in [0.1, 0.15) is 10.4 Å². The monoisotopic (exact) mass is 355 g/mol. The number of carbonyl (C=O) groups is 1. The number of aliphatic hydroxyl groups is 1. The lowest BCUT2D eigenvalue weighted by Crippen LogP contribution is -2.44. The van der Waals surface area contributed by atoms with Gasteiger partial charge in [0.15, 0.2) is 0 Å². The van der Waals surface area contributed by atoms with E-state index < -0.39 is 0 Å². The largest absolute Gasteiger partial charge is 0.491 e. The molecule has 2 aromatic rings. The molecule has 0 bridgehead atoms. The van der Waals surface area contributed by atoms with E-state index in [0.29, 0.717) is 17.0 Å². The van der Waals surface area contributed by atoms with E-state index >= 15 is 0 Å². The third-order valence-corrected chi connectivity index (χ3v) is 4.47. The Morgan fingerprint density at radius 3 is 2.31 bits per heavy atom. The summed E-state index contributed by atoms with van der Waals surface area (Å²) in [6.45, 7) is 4.36. The summed E-state index contributed by atoms with van der Waals surface area (Å²) in [6.07, 6.45) is 0. The fourth-order valence-electron chi connectivity index (χ4n) is 2.89. The van der Waals surface area contributed by atoms with Crippen LogP contribution in [0.2, 0.25) is 0 Å². The first-order chi connectivity index (χ1) is 12.7. The second kappa shape index (κ2) is 8.69. The lowest BCUT2D eigenvalue weighted by atomic mass is 10.1. The number of aliphatic hydroxyl groups excluding tert-OH is 1. The Bertz CT molecular complexity index is 708. The molecule has 6 heteroatoms. The highest BCUT2D eigenvalue weighted by Crippen LogP contribution is 2.19. The number of rotatable bonds is 6. The first-order valence-corrected chi connectivity index (χ1v) is 8.84. The van der Waals surface area contributed by atoms with Gasteiger partial charge < -0.3 is 25.0 Å². The van der Waals surface area contributed by atoms with E-state index in [9.17, 15) is 4.79 Å². The molecule has 1 heterocycles. The van der Waals surface area contributed by atoms with Crippen molar-refractivity contribution < 1.29 is 14.6 Å². The van der Waals surface area contributed by atoms with Gasteiger partial charge >= 0.3 is 0 Å². The maximum Gasteiger partial charge on any atom is 0.255 e. The highest BCUT2D eigenvalue weighted by atomic mass is 16.5. The molecule has 1 saturated heterocycles. The smallest absolute Gasteiger partial charge is 0.255 e. The van der Waals surface area contributed by atoms with Crippen LogP contribution in [0.5, 0.6) is 5.75 Å².